The van der Waals surface area contributed by atoms with E-state index in [1.54, 1.807) is 20.8 Å². The molecule has 36 heavy (non-hydrogen) atoms. The summed E-state index contributed by atoms with van der Waals surface area (Å²) in [4.78, 5) is 25.7. The van der Waals surface area contributed by atoms with Crippen molar-refractivity contribution in [1.29, 1.82) is 0 Å². The van der Waals surface area contributed by atoms with Crippen molar-refractivity contribution in [2.75, 3.05) is 5.75 Å². The van der Waals surface area contributed by atoms with Crippen LogP contribution in [0.5, 0.6) is 0 Å². The number of carbonyl (C=O) groups is 2. The summed E-state index contributed by atoms with van der Waals surface area (Å²) in [6.45, 7) is 5.14. The largest absolute Gasteiger partial charge is 0.453 e. The van der Waals surface area contributed by atoms with Gasteiger partial charge in [-0.2, -0.15) is 30.0 Å². The van der Waals surface area contributed by atoms with Crippen molar-refractivity contribution < 1.29 is 62.5 Å². The molecule has 16 heteroatoms. The average Bonchev–Trinajstić information content (AvgIpc) is 3.31. The number of esters is 2. The van der Waals surface area contributed by atoms with Crippen molar-refractivity contribution in [3.05, 3.63) is 34.4 Å². The molecule has 3 aliphatic heterocycles. The number of benzene rings is 1. The van der Waals surface area contributed by atoms with Crippen LogP contribution >= 0.6 is 0 Å². The Morgan fingerprint density at radius 2 is 1.78 bits per heavy atom. The van der Waals surface area contributed by atoms with Crippen molar-refractivity contribution in [1.82, 2.24) is 0 Å². The zero-order valence-corrected chi connectivity index (χ0v) is 20.5. The Labute approximate surface area is 203 Å². The van der Waals surface area contributed by atoms with E-state index >= 15 is 0 Å². The Kier molecular flexibility index (Phi) is 6.43. The summed E-state index contributed by atoms with van der Waals surface area (Å²) in [6, 6.07) is 3.35. The lowest BCUT2D eigenvalue weighted by atomic mass is 9.84. The molecule has 200 valence electrons. The first-order chi connectivity index (χ1) is 16.4. The number of rotatable bonds is 6. The molecule has 0 aromatic heterocycles. The summed E-state index contributed by atoms with van der Waals surface area (Å²) in [7, 11) is -9.78. The van der Waals surface area contributed by atoms with Crippen LogP contribution in [0.25, 0.3) is 0 Å². The topological polar surface area (TPSA) is 160 Å². The predicted octanol–water partition coefficient (Wildman–Crippen LogP) is 0.994. The third kappa shape index (κ3) is 4.71. The maximum atomic E-state index is 13.3. The number of aryl methyl sites for hydroxylation is 2. The molecule has 0 saturated carbocycles. The number of alkyl halides is 3. The van der Waals surface area contributed by atoms with Crippen LogP contribution in [0.1, 0.15) is 27.0 Å². The molecule has 3 heterocycles. The fourth-order valence-electron chi connectivity index (χ4n) is 4.77. The van der Waals surface area contributed by atoms with E-state index in [9.17, 15) is 39.6 Å². The van der Waals surface area contributed by atoms with Gasteiger partial charge < -0.3 is 14.2 Å². The zero-order valence-electron chi connectivity index (χ0n) is 18.9. The van der Waals surface area contributed by atoms with Crippen molar-refractivity contribution in [2.45, 2.75) is 62.7 Å². The molecule has 3 aliphatic rings. The highest BCUT2D eigenvalue weighted by Gasteiger charge is 2.74. The second-order valence-electron chi connectivity index (χ2n) is 8.95. The minimum absolute atomic E-state index is 0.150. The molecule has 0 aliphatic carbocycles. The molecule has 7 atom stereocenters. The number of ether oxygens (including phenoxy) is 3. The fraction of sp³-hybridized carbons (Fsp3) is 0.600. The predicted molar refractivity (Wildman–Crippen MR) is 112 cm³/mol. The van der Waals surface area contributed by atoms with Gasteiger partial charge in [0.2, 0.25) is 6.10 Å². The minimum atomic E-state index is -5.40. The molecule has 0 spiro atoms. The van der Waals surface area contributed by atoms with Gasteiger partial charge in [-0.15, -0.1) is 0 Å². The van der Waals surface area contributed by atoms with Crippen LogP contribution in [0.3, 0.4) is 0 Å². The molecule has 0 amide bonds. The normalized spacial score (nSPS) is 31.3. The molecule has 11 nitrogen and oxygen atoms in total. The first-order valence-corrected chi connectivity index (χ1v) is 13.6. The van der Waals surface area contributed by atoms with Gasteiger partial charge in [0.05, 0.1) is 5.56 Å². The number of hydrogen-bond donors (Lipinski definition) is 1. The summed E-state index contributed by atoms with van der Waals surface area (Å²) in [5.41, 5.74) is 2.22. The summed E-state index contributed by atoms with van der Waals surface area (Å²) < 4.78 is 116. The summed E-state index contributed by atoms with van der Waals surface area (Å²) in [5.74, 6) is -6.56. The van der Waals surface area contributed by atoms with Crippen LogP contribution in [-0.4, -0.2) is 81.0 Å². The Hall–Kier alpha value is -2.27. The van der Waals surface area contributed by atoms with E-state index in [0.717, 1.165) is 11.1 Å². The molecule has 1 aromatic rings. The van der Waals surface area contributed by atoms with Gasteiger partial charge in [0.25, 0.3) is 20.2 Å². The van der Waals surface area contributed by atoms with Crippen LogP contribution in [0.4, 0.5) is 13.2 Å². The summed E-state index contributed by atoms with van der Waals surface area (Å²) in [5, 5.41) is -1.75. The first-order valence-electron chi connectivity index (χ1n) is 10.5. The van der Waals surface area contributed by atoms with Gasteiger partial charge in [0.15, 0.2) is 6.10 Å². The number of hydrogen-bond acceptors (Lipinski definition) is 10. The van der Waals surface area contributed by atoms with Gasteiger partial charge in [-0.05, 0) is 43.5 Å². The third-order valence-corrected chi connectivity index (χ3v) is 8.87. The van der Waals surface area contributed by atoms with Gasteiger partial charge in [-0.3, -0.25) is 13.5 Å². The zero-order chi connectivity index (χ0) is 27.0. The molecule has 1 aromatic carbocycles. The Morgan fingerprint density at radius 3 is 2.36 bits per heavy atom. The van der Waals surface area contributed by atoms with Crippen molar-refractivity contribution in [2.24, 2.45) is 5.92 Å². The summed E-state index contributed by atoms with van der Waals surface area (Å²) >= 11 is 0. The van der Waals surface area contributed by atoms with Gasteiger partial charge >= 0.3 is 18.1 Å². The molecule has 7 unspecified atom stereocenters. The van der Waals surface area contributed by atoms with Crippen LogP contribution in [0.2, 0.25) is 0 Å². The lowest BCUT2D eigenvalue weighted by Gasteiger charge is -2.29. The van der Waals surface area contributed by atoms with Crippen molar-refractivity contribution in [3.8, 4) is 0 Å². The number of fused-ring (bicyclic) bond motifs is 1. The maximum Gasteiger partial charge on any atom is 0.426 e. The molecule has 3 saturated heterocycles. The van der Waals surface area contributed by atoms with Crippen molar-refractivity contribution in [3.63, 3.8) is 0 Å². The maximum absolute atomic E-state index is 13.3. The second kappa shape index (κ2) is 8.65. The highest BCUT2D eigenvalue weighted by atomic mass is 32.2. The quantitative estimate of drug-likeness (QED) is 0.301. The van der Waals surface area contributed by atoms with E-state index < -0.39 is 85.8 Å². The molecule has 3 fully saturated rings. The van der Waals surface area contributed by atoms with E-state index in [1.165, 1.54) is 6.07 Å². The SMILES string of the molecule is Cc1cc(C)c(C)c(C(=O)OC2C3OS(=O)(=O)C4C3OC2C4C(=O)OC(CS(=O)(=O)O)C(F)(F)F)c1. The summed E-state index contributed by atoms with van der Waals surface area (Å²) in [6.07, 6.45) is -14.4. The van der Waals surface area contributed by atoms with Gasteiger partial charge in [-0.25, -0.2) is 4.79 Å². The lowest BCUT2D eigenvalue weighted by Crippen LogP contribution is -2.51. The van der Waals surface area contributed by atoms with Gasteiger partial charge in [0, 0.05) is 0 Å². The van der Waals surface area contributed by atoms with Gasteiger partial charge in [-0.1, -0.05) is 6.07 Å². The monoisotopic (exact) mass is 558 g/mol. The van der Waals surface area contributed by atoms with E-state index in [-0.39, 0.29) is 5.56 Å². The molecule has 1 N–H and O–H groups in total. The average molecular weight is 559 g/mol. The fourth-order valence-corrected chi connectivity index (χ4v) is 7.24. The smallest absolute Gasteiger partial charge is 0.426 e. The standard InChI is InChI=1S/C20H21F3O11S2/c1-7-4-8(2)9(3)10(5-7)18(24)33-14-13-12(17-16(32-13)15(14)34-36(17,29)30)19(25)31-11(20(21,22)23)6-35(26,27)28/h4-5,11-17H,6H2,1-3H3,(H,26,27,28). The Bertz CT molecular complexity index is 1320. The highest BCUT2D eigenvalue weighted by Crippen LogP contribution is 2.52. The second-order valence-corrected chi connectivity index (χ2v) is 12.2. The number of halogens is 3. The molecule has 4 rings (SSSR count). The van der Waals surface area contributed by atoms with Crippen LogP contribution in [-0.2, 0) is 43.4 Å². The Morgan fingerprint density at radius 1 is 1.14 bits per heavy atom. The highest BCUT2D eigenvalue weighted by molar-refractivity contribution is 7.87. The van der Waals surface area contributed by atoms with Crippen LogP contribution in [0.15, 0.2) is 12.1 Å². The van der Waals surface area contributed by atoms with Gasteiger partial charge in [0.1, 0.15) is 35.2 Å². The first kappa shape index (κ1) is 26.8. The molecular formula is C20H21F3O11S2. The van der Waals surface area contributed by atoms with Crippen molar-refractivity contribution >= 4 is 32.2 Å². The van der Waals surface area contributed by atoms with E-state index in [2.05, 4.69) is 4.74 Å². The Balaban J connectivity index is 1.63. The van der Waals surface area contributed by atoms with E-state index in [4.69, 9.17) is 18.2 Å². The molecular weight excluding hydrogens is 537 g/mol. The molecule has 0 radical (unpaired) electrons. The molecule has 2 bridgehead atoms. The van der Waals surface area contributed by atoms with Crippen LogP contribution in [0, 0.1) is 26.7 Å². The van der Waals surface area contributed by atoms with Crippen LogP contribution < -0.4 is 0 Å². The minimum Gasteiger partial charge on any atom is -0.453 e. The van der Waals surface area contributed by atoms with E-state index in [1.807, 2.05) is 6.07 Å². The van der Waals surface area contributed by atoms with E-state index in [0.29, 0.717) is 5.56 Å². The number of carbonyl (C=O) groups excluding carboxylic acids is 2. The lowest BCUT2D eigenvalue weighted by molar-refractivity contribution is -0.218. The third-order valence-electron chi connectivity index (χ3n) is 6.43.